The monoisotopic (exact) mass is 339 g/mol. The molecule has 4 rings (SSSR count). The largest absolute Gasteiger partial charge is 0.370 e. The van der Waals surface area contributed by atoms with Gasteiger partial charge in [-0.25, -0.2) is 0 Å². The summed E-state index contributed by atoms with van der Waals surface area (Å²) in [5, 5.41) is 16.6. The van der Waals surface area contributed by atoms with Crippen LogP contribution in [0.25, 0.3) is 10.8 Å². The van der Waals surface area contributed by atoms with Crippen molar-refractivity contribution in [2.24, 2.45) is 0 Å². The minimum Gasteiger partial charge on any atom is -0.370 e. The molecule has 0 radical (unpaired) electrons. The highest BCUT2D eigenvalue weighted by atomic mass is 16.6. The fraction of sp³-hybridized carbons (Fsp3) is 0.353. The predicted octanol–water partition coefficient (Wildman–Crippen LogP) is 3.22. The maximum Gasteiger partial charge on any atom is 0.278 e. The quantitative estimate of drug-likeness (QED) is 0.533. The first-order valence-corrected chi connectivity index (χ1v) is 8.20. The van der Waals surface area contributed by atoms with Crippen LogP contribution in [0, 0.1) is 17.0 Å². The van der Waals surface area contributed by atoms with Gasteiger partial charge in [0, 0.05) is 42.6 Å². The van der Waals surface area contributed by atoms with Crippen LogP contribution >= 0.6 is 0 Å². The Bertz CT molecular complexity index is 939. The molecule has 8 heteroatoms. The maximum absolute atomic E-state index is 11.3. The van der Waals surface area contributed by atoms with Crippen LogP contribution in [0.3, 0.4) is 0 Å². The summed E-state index contributed by atoms with van der Waals surface area (Å²) in [6.07, 6.45) is 5.21. The third-order valence-corrected chi connectivity index (χ3v) is 4.62. The number of non-ortho nitro benzene ring substituents is 1. The fourth-order valence-corrected chi connectivity index (χ4v) is 3.47. The molecule has 1 aliphatic heterocycles. The lowest BCUT2D eigenvalue weighted by Crippen LogP contribution is -2.34. The topological polar surface area (TPSA) is 98.2 Å². The van der Waals surface area contributed by atoms with E-state index in [4.69, 9.17) is 4.52 Å². The van der Waals surface area contributed by atoms with Crippen molar-refractivity contribution in [2.75, 3.05) is 18.0 Å². The van der Waals surface area contributed by atoms with Gasteiger partial charge in [0.2, 0.25) is 5.89 Å². The van der Waals surface area contributed by atoms with Crippen molar-refractivity contribution in [1.29, 1.82) is 0 Å². The average molecular weight is 339 g/mol. The second kappa shape index (κ2) is 6.12. The van der Waals surface area contributed by atoms with Gasteiger partial charge in [0.05, 0.1) is 16.2 Å². The molecule has 25 heavy (non-hydrogen) atoms. The molecule has 3 heterocycles. The lowest BCUT2D eigenvalue weighted by Gasteiger charge is -2.33. The van der Waals surface area contributed by atoms with Crippen LogP contribution in [0.5, 0.6) is 0 Å². The summed E-state index contributed by atoms with van der Waals surface area (Å²) in [5.74, 6) is 1.47. The Morgan fingerprint density at radius 2 is 2.20 bits per heavy atom. The van der Waals surface area contributed by atoms with E-state index in [1.54, 1.807) is 18.5 Å². The molecule has 1 aromatic carbocycles. The molecule has 0 unspecified atom stereocenters. The van der Waals surface area contributed by atoms with E-state index in [1.165, 1.54) is 0 Å². The molecule has 0 bridgehead atoms. The number of aryl methyl sites for hydroxylation is 1. The van der Waals surface area contributed by atoms with E-state index >= 15 is 0 Å². The van der Waals surface area contributed by atoms with Gasteiger partial charge in [-0.05, 0) is 31.9 Å². The molecule has 0 N–H and O–H groups in total. The van der Waals surface area contributed by atoms with Crippen molar-refractivity contribution in [2.45, 2.75) is 25.7 Å². The molecule has 128 valence electrons. The molecular weight excluding hydrogens is 322 g/mol. The van der Waals surface area contributed by atoms with E-state index in [1.807, 2.05) is 19.1 Å². The van der Waals surface area contributed by atoms with Crippen molar-refractivity contribution in [3.63, 3.8) is 0 Å². The Morgan fingerprint density at radius 1 is 1.32 bits per heavy atom. The van der Waals surface area contributed by atoms with Gasteiger partial charge in [-0.2, -0.15) is 4.98 Å². The molecule has 8 nitrogen and oxygen atoms in total. The molecule has 0 aliphatic carbocycles. The summed E-state index contributed by atoms with van der Waals surface area (Å²) in [4.78, 5) is 21.6. The lowest BCUT2D eigenvalue weighted by molar-refractivity contribution is -0.383. The van der Waals surface area contributed by atoms with Crippen molar-refractivity contribution in [3.05, 3.63) is 52.4 Å². The Hall–Kier alpha value is -3.03. The highest BCUT2D eigenvalue weighted by Crippen LogP contribution is 2.36. The van der Waals surface area contributed by atoms with Gasteiger partial charge in [0.1, 0.15) is 0 Å². The standard InChI is InChI=1S/C17H17N5O3/c1-11-19-17(25-20-11)12-3-2-8-21(10-12)15-4-5-16(22(23)24)14-9-18-7-6-13(14)15/h4-7,9,12H,2-3,8,10H2,1H3/t12-/m0/s1. The molecule has 0 amide bonds. The zero-order chi connectivity index (χ0) is 17.4. The SMILES string of the molecule is Cc1noc([C@H]2CCCN(c3ccc([N+](=O)[O-])c4cnccc34)C2)n1. The highest BCUT2D eigenvalue weighted by Gasteiger charge is 2.27. The predicted molar refractivity (Wildman–Crippen MR) is 91.6 cm³/mol. The number of nitro groups is 1. The number of nitrogens with zero attached hydrogens (tertiary/aromatic N) is 5. The number of rotatable bonds is 3. The minimum absolute atomic E-state index is 0.0768. The smallest absolute Gasteiger partial charge is 0.278 e. The first-order valence-electron chi connectivity index (χ1n) is 8.20. The molecule has 2 aromatic heterocycles. The number of fused-ring (bicyclic) bond motifs is 1. The minimum atomic E-state index is -0.367. The first kappa shape index (κ1) is 15.5. The molecule has 1 fully saturated rings. The third kappa shape index (κ3) is 2.79. The van der Waals surface area contributed by atoms with Crippen LogP contribution in [0.2, 0.25) is 0 Å². The third-order valence-electron chi connectivity index (χ3n) is 4.62. The van der Waals surface area contributed by atoms with Gasteiger partial charge >= 0.3 is 0 Å². The van der Waals surface area contributed by atoms with E-state index in [2.05, 4.69) is 20.0 Å². The van der Waals surface area contributed by atoms with E-state index in [0.717, 1.165) is 37.0 Å². The van der Waals surface area contributed by atoms with Gasteiger partial charge < -0.3 is 9.42 Å². The number of aromatic nitrogens is 3. The Kier molecular flexibility index (Phi) is 3.79. The van der Waals surface area contributed by atoms with Crippen molar-refractivity contribution >= 4 is 22.1 Å². The normalized spacial score (nSPS) is 17.8. The van der Waals surface area contributed by atoms with Gasteiger partial charge in [-0.15, -0.1) is 0 Å². The number of hydrogen-bond acceptors (Lipinski definition) is 7. The summed E-state index contributed by atoms with van der Waals surface area (Å²) >= 11 is 0. The van der Waals surface area contributed by atoms with Crippen LogP contribution < -0.4 is 4.90 Å². The van der Waals surface area contributed by atoms with Crippen molar-refractivity contribution in [3.8, 4) is 0 Å². The van der Waals surface area contributed by atoms with Gasteiger partial charge in [-0.1, -0.05) is 5.16 Å². The fourth-order valence-electron chi connectivity index (χ4n) is 3.47. The lowest BCUT2D eigenvalue weighted by atomic mass is 9.96. The van der Waals surface area contributed by atoms with Crippen molar-refractivity contribution in [1.82, 2.24) is 15.1 Å². The number of nitro benzene ring substituents is 1. The number of benzene rings is 1. The molecule has 3 aromatic rings. The Morgan fingerprint density at radius 3 is 2.96 bits per heavy atom. The summed E-state index contributed by atoms with van der Waals surface area (Å²) < 4.78 is 5.34. The second-order valence-corrected chi connectivity index (χ2v) is 6.25. The summed E-state index contributed by atoms with van der Waals surface area (Å²) in [6.45, 7) is 3.44. The van der Waals surface area contributed by atoms with Crippen molar-refractivity contribution < 1.29 is 9.45 Å². The summed E-state index contributed by atoms with van der Waals surface area (Å²) in [5.41, 5.74) is 1.05. The Balaban J connectivity index is 1.72. The molecule has 0 saturated carbocycles. The number of pyridine rings is 1. The number of piperidine rings is 1. The van der Waals surface area contributed by atoms with Crippen LogP contribution in [0.15, 0.2) is 35.1 Å². The molecule has 0 spiro atoms. The highest BCUT2D eigenvalue weighted by molar-refractivity contribution is 5.99. The number of hydrogen-bond donors (Lipinski definition) is 0. The van der Waals surface area contributed by atoms with Crippen LogP contribution in [0.4, 0.5) is 11.4 Å². The first-order chi connectivity index (χ1) is 12.1. The van der Waals surface area contributed by atoms with Gasteiger partial charge in [0.15, 0.2) is 5.82 Å². The van der Waals surface area contributed by atoms with E-state index in [-0.39, 0.29) is 16.5 Å². The van der Waals surface area contributed by atoms with Gasteiger partial charge in [-0.3, -0.25) is 15.1 Å². The zero-order valence-corrected chi connectivity index (χ0v) is 13.8. The molecule has 1 atom stereocenters. The van der Waals surface area contributed by atoms with E-state index < -0.39 is 0 Å². The number of anilines is 1. The molecular formula is C17H17N5O3. The Labute approximate surface area is 143 Å². The van der Waals surface area contributed by atoms with Gasteiger partial charge in [0.25, 0.3) is 5.69 Å². The maximum atomic E-state index is 11.3. The van der Waals surface area contributed by atoms with Crippen LogP contribution in [-0.4, -0.2) is 33.1 Å². The average Bonchev–Trinajstić information content (AvgIpc) is 3.07. The molecule has 1 saturated heterocycles. The van der Waals surface area contributed by atoms with E-state index in [0.29, 0.717) is 17.1 Å². The summed E-state index contributed by atoms with van der Waals surface area (Å²) in [7, 11) is 0. The zero-order valence-electron chi connectivity index (χ0n) is 13.8. The summed E-state index contributed by atoms with van der Waals surface area (Å²) in [6, 6.07) is 5.21. The van der Waals surface area contributed by atoms with Crippen LogP contribution in [-0.2, 0) is 0 Å². The van der Waals surface area contributed by atoms with Crippen LogP contribution in [0.1, 0.15) is 30.5 Å². The molecule has 1 aliphatic rings. The second-order valence-electron chi connectivity index (χ2n) is 6.25. The van der Waals surface area contributed by atoms with E-state index in [9.17, 15) is 10.1 Å².